The highest BCUT2D eigenvalue weighted by Crippen LogP contribution is 2.37. The fourth-order valence-corrected chi connectivity index (χ4v) is 3.83. The summed E-state index contributed by atoms with van der Waals surface area (Å²) in [5.41, 5.74) is -3.21. The quantitative estimate of drug-likeness (QED) is 0.191. The van der Waals surface area contributed by atoms with Gasteiger partial charge in [0.25, 0.3) is 0 Å². The number of ether oxygens (including phenoxy) is 1. The van der Waals surface area contributed by atoms with Gasteiger partial charge in [-0.2, -0.15) is 26.3 Å². The second-order valence-corrected chi connectivity index (χ2v) is 7.72. The standard InChI is InChI=1S/C24H16F6N2O3/c1-3-35-22(34)18-10-17(20-16-6-4-5-12(2)19(16)31-11-32(18)20)21(33)13-7-14(23(25,26)27)9-15(8-13)24(28,29)30/h4-11H,3H2,1-2H3. The Morgan fingerprint density at radius 3 is 2.17 bits per heavy atom. The maximum Gasteiger partial charge on any atom is 0.416 e. The minimum atomic E-state index is -5.12. The summed E-state index contributed by atoms with van der Waals surface area (Å²) in [7, 11) is 0. The molecule has 0 aliphatic rings. The van der Waals surface area contributed by atoms with Gasteiger partial charge in [0.15, 0.2) is 5.78 Å². The first-order valence-electron chi connectivity index (χ1n) is 10.2. The third-order valence-corrected chi connectivity index (χ3v) is 5.41. The van der Waals surface area contributed by atoms with Crippen LogP contribution in [-0.2, 0) is 17.1 Å². The SMILES string of the molecule is CCOC(=O)c1cc(C(=O)c2cc(C(F)(F)F)cc(C(F)(F)F)c2)c2c3cccc(C)c3ncn12. The molecule has 0 spiro atoms. The lowest BCUT2D eigenvalue weighted by Crippen LogP contribution is -2.14. The molecule has 0 atom stereocenters. The number of halogens is 6. The first-order chi connectivity index (χ1) is 16.3. The Kier molecular flexibility index (Phi) is 5.82. The van der Waals surface area contributed by atoms with Crippen molar-refractivity contribution in [1.29, 1.82) is 0 Å². The predicted molar refractivity (Wildman–Crippen MR) is 113 cm³/mol. The van der Waals surface area contributed by atoms with E-state index in [9.17, 15) is 35.9 Å². The highest BCUT2D eigenvalue weighted by Gasteiger charge is 2.38. The summed E-state index contributed by atoms with van der Waals surface area (Å²) in [6.07, 6.45) is -8.99. The van der Waals surface area contributed by atoms with Gasteiger partial charge in [-0.25, -0.2) is 9.78 Å². The molecule has 0 radical (unpaired) electrons. The van der Waals surface area contributed by atoms with E-state index in [0.717, 1.165) is 6.07 Å². The van der Waals surface area contributed by atoms with Crippen molar-refractivity contribution in [3.8, 4) is 0 Å². The zero-order valence-electron chi connectivity index (χ0n) is 18.2. The Labute approximate surface area is 193 Å². The Hall–Kier alpha value is -3.89. The smallest absolute Gasteiger partial charge is 0.416 e. The fraction of sp³-hybridized carbons (Fsp3) is 0.208. The largest absolute Gasteiger partial charge is 0.461 e. The molecule has 0 amide bonds. The number of benzene rings is 2. The van der Waals surface area contributed by atoms with Crippen LogP contribution >= 0.6 is 0 Å². The number of fused-ring (bicyclic) bond motifs is 3. The summed E-state index contributed by atoms with van der Waals surface area (Å²) in [5, 5.41) is 0.384. The second-order valence-electron chi connectivity index (χ2n) is 7.72. The van der Waals surface area contributed by atoms with E-state index in [0.29, 0.717) is 28.6 Å². The maximum atomic E-state index is 13.4. The molecule has 0 aliphatic heterocycles. The highest BCUT2D eigenvalue weighted by molar-refractivity contribution is 6.18. The average molecular weight is 494 g/mol. The number of rotatable bonds is 4. The minimum absolute atomic E-state index is 0.00195. The number of hydrogen-bond acceptors (Lipinski definition) is 4. The summed E-state index contributed by atoms with van der Waals surface area (Å²) in [6, 6.07) is 6.73. The third-order valence-electron chi connectivity index (χ3n) is 5.41. The summed E-state index contributed by atoms with van der Waals surface area (Å²) in [4.78, 5) is 30.2. The monoisotopic (exact) mass is 494 g/mol. The molecular weight excluding hydrogens is 478 g/mol. The number of hydrogen-bond donors (Lipinski definition) is 0. The molecule has 182 valence electrons. The number of ketones is 1. The Morgan fingerprint density at radius 1 is 0.971 bits per heavy atom. The molecule has 0 fully saturated rings. The summed E-state index contributed by atoms with van der Waals surface area (Å²) in [5.74, 6) is -1.96. The normalized spacial score (nSPS) is 12.3. The maximum absolute atomic E-state index is 13.4. The summed E-state index contributed by atoms with van der Waals surface area (Å²) < 4.78 is 86.3. The van der Waals surface area contributed by atoms with E-state index in [1.54, 1.807) is 32.0 Å². The molecule has 0 N–H and O–H groups in total. The van der Waals surface area contributed by atoms with Crippen LogP contribution in [0.1, 0.15) is 50.0 Å². The molecule has 2 aromatic heterocycles. The van der Waals surface area contributed by atoms with E-state index in [2.05, 4.69) is 4.98 Å². The van der Waals surface area contributed by atoms with Crippen LogP contribution < -0.4 is 0 Å². The number of carbonyl (C=O) groups excluding carboxylic acids is 2. The van der Waals surface area contributed by atoms with Crippen molar-refractivity contribution in [2.75, 3.05) is 6.61 Å². The van der Waals surface area contributed by atoms with Crippen molar-refractivity contribution in [2.45, 2.75) is 26.2 Å². The molecule has 0 bridgehead atoms. The first kappa shape index (κ1) is 24.2. The number of aromatic nitrogens is 2. The first-order valence-corrected chi connectivity index (χ1v) is 10.2. The molecule has 0 saturated heterocycles. The predicted octanol–water partition coefficient (Wildman–Crippen LogP) is 6.24. The lowest BCUT2D eigenvalue weighted by Gasteiger charge is -2.14. The van der Waals surface area contributed by atoms with Gasteiger partial charge in [0.2, 0.25) is 0 Å². The van der Waals surface area contributed by atoms with Crippen LogP contribution in [0, 0.1) is 6.92 Å². The molecule has 0 saturated carbocycles. The third kappa shape index (κ3) is 4.33. The van der Waals surface area contributed by atoms with Gasteiger partial charge in [0, 0.05) is 16.5 Å². The van der Waals surface area contributed by atoms with E-state index in [-0.39, 0.29) is 29.4 Å². The number of nitrogens with zero attached hydrogens (tertiary/aromatic N) is 2. The minimum Gasteiger partial charge on any atom is -0.461 e. The van der Waals surface area contributed by atoms with Crippen molar-refractivity contribution < 1.29 is 40.7 Å². The van der Waals surface area contributed by atoms with Crippen molar-refractivity contribution in [2.24, 2.45) is 0 Å². The molecule has 4 aromatic rings. The number of aryl methyl sites for hydroxylation is 1. The van der Waals surface area contributed by atoms with Crippen molar-refractivity contribution in [3.63, 3.8) is 0 Å². The number of esters is 1. The lowest BCUT2D eigenvalue weighted by atomic mass is 9.97. The van der Waals surface area contributed by atoms with Gasteiger partial charge in [0.05, 0.1) is 28.8 Å². The number of para-hydroxylation sites is 1. The van der Waals surface area contributed by atoms with Crippen LogP contribution in [0.3, 0.4) is 0 Å². The molecular formula is C24H16F6N2O3. The lowest BCUT2D eigenvalue weighted by molar-refractivity contribution is -0.143. The van der Waals surface area contributed by atoms with Crippen LogP contribution in [0.4, 0.5) is 26.3 Å². The zero-order chi connectivity index (χ0) is 25.7. The van der Waals surface area contributed by atoms with Crippen LogP contribution in [0.15, 0.2) is 48.8 Å². The van der Waals surface area contributed by atoms with Gasteiger partial charge in [0.1, 0.15) is 12.0 Å². The van der Waals surface area contributed by atoms with E-state index in [1.165, 1.54) is 10.7 Å². The Balaban J connectivity index is 2.04. The number of carbonyl (C=O) groups is 2. The van der Waals surface area contributed by atoms with Gasteiger partial charge in [-0.1, -0.05) is 18.2 Å². The Bertz CT molecular complexity index is 1450. The summed E-state index contributed by atoms with van der Waals surface area (Å²) >= 11 is 0. The zero-order valence-corrected chi connectivity index (χ0v) is 18.2. The number of alkyl halides is 6. The molecule has 4 rings (SSSR count). The molecule has 0 unspecified atom stereocenters. The van der Waals surface area contributed by atoms with Crippen LogP contribution in [0.2, 0.25) is 0 Å². The van der Waals surface area contributed by atoms with Crippen LogP contribution in [0.25, 0.3) is 16.4 Å². The average Bonchev–Trinajstić information content (AvgIpc) is 3.18. The van der Waals surface area contributed by atoms with E-state index in [4.69, 9.17) is 4.74 Å². The molecule has 11 heteroatoms. The Morgan fingerprint density at radius 2 is 1.60 bits per heavy atom. The van der Waals surface area contributed by atoms with E-state index < -0.39 is 40.8 Å². The molecule has 2 heterocycles. The topological polar surface area (TPSA) is 60.7 Å². The molecule has 35 heavy (non-hydrogen) atoms. The second kappa shape index (κ2) is 8.40. The van der Waals surface area contributed by atoms with Gasteiger partial charge >= 0.3 is 18.3 Å². The molecule has 2 aromatic carbocycles. The van der Waals surface area contributed by atoms with E-state index >= 15 is 0 Å². The van der Waals surface area contributed by atoms with Crippen LogP contribution in [-0.4, -0.2) is 27.7 Å². The van der Waals surface area contributed by atoms with Crippen LogP contribution in [0.5, 0.6) is 0 Å². The van der Waals surface area contributed by atoms with Crippen molar-refractivity contribution in [1.82, 2.24) is 9.38 Å². The molecule has 0 aliphatic carbocycles. The van der Waals surface area contributed by atoms with Crippen molar-refractivity contribution >= 4 is 28.2 Å². The highest BCUT2D eigenvalue weighted by atomic mass is 19.4. The van der Waals surface area contributed by atoms with Gasteiger partial charge in [-0.15, -0.1) is 0 Å². The van der Waals surface area contributed by atoms with Gasteiger partial charge in [-0.05, 0) is 43.7 Å². The fourth-order valence-electron chi connectivity index (χ4n) is 3.83. The van der Waals surface area contributed by atoms with Crippen molar-refractivity contribution in [3.05, 3.63) is 82.3 Å². The molecule has 5 nitrogen and oxygen atoms in total. The summed E-state index contributed by atoms with van der Waals surface area (Å²) in [6.45, 7) is 3.29. The van der Waals surface area contributed by atoms with E-state index in [1.807, 2.05) is 0 Å². The van der Waals surface area contributed by atoms with Gasteiger partial charge in [-0.3, -0.25) is 9.20 Å². The van der Waals surface area contributed by atoms with Gasteiger partial charge < -0.3 is 4.74 Å².